The van der Waals surface area contributed by atoms with Crippen molar-refractivity contribution < 1.29 is 14.3 Å². The summed E-state index contributed by atoms with van der Waals surface area (Å²) >= 11 is 0. The van der Waals surface area contributed by atoms with Crippen LogP contribution in [0.2, 0.25) is 0 Å². The topological polar surface area (TPSA) is 73.6 Å². The minimum Gasteiger partial charge on any atom is -0.497 e. The van der Waals surface area contributed by atoms with Crippen molar-refractivity contribution >= 4 is 11.6 Å². The highest BCUT2D eigenvalue weighted by Gasteiger charge is 2.16. The number of hydrogen-bond donors (Lipinski definition) is 2. The highest BCUT2D eigenvalue weighted by atomic mass is 16.5. The number of benzene rings is 1. The van der Waals surface area contributed by atoms with Crippen LogP contribution in [0.4, 0.5) is 5.69 Å². The monoisotopic (exact) mass is 264 g/mol. The van der Waals surface area contributed by atoms with E-state index in [1.807, 2.05) is 0 Å². The van der Waals surface area contributed by atoms with Gasteiger partial charge in [0.2, 0.25) is 0 Å². The summed E-state index contributed by atoms with van der Waals surface area (Å²) in [6, 6.07) is 5.06. The largest absolute Gasteiger partial charge is 0.497 e. The van der Waals surface area contributed by atoms with Gasteiger partial charge >= 0.3 is 0 Å². The Morgan fingerprint density at radius 3 is 3.11 bits per heavy atom. The first-order chi connectivity index (χ1) is 9.20. The first-order valence-electron chi connectivity index (χ1n) is 6.54. The zero-order valence-corrected chi connectivity index (χ0v) is 11.1. The summed E-state index contributed by atoms with van der Waals surface area (Å²) in [5, 5.41) is 2.86. The van der Waals surface area contributed by atoms with Gasteiger partial charge in [-0.05, 0) is 37.5 Å². The molecule has 0 saturated carbocycles. The van der Waals surface area contributed by atoms with Crippen LogP contribution in [0.25, 0.3) is 0 Å². The molecule has 1 aromatic rings. The van der Waals surface area contributed by atoms with E-state index >= 15 is 0 Å². The molecule has 1 unspecified atom stereocenters. The van der Waals surface area contributed by atoms with E-state index in [-0.39, 0.29) is 12.0 Å². The van der Waals surface area contributed by atoms with Crippen molar-refractivity contribution in [1.29, 1.82) is 0 Å². The minimum absolute atomic E-state index is 0.172. The molecule has 0 radical (unpaired) electrons. The normalized spacial score (nSPS) is 18.3. The summed E-state index contributed by atoms with van der Waals surface area (Å²) in [6.45, 7) is 1.43. The van der Waals surface area contributed by atoms with Crippen LogP contribution in [0.1, 0.15) is 29.6 Å². The van der Waals surface area contributed by atoms with E-state index in [4.69, 9.17) is 15.2 Å². The van der Waals surface area contributed by atoms with Gasteiger partial charge in [-0.1, -0.05) is 0 Å². The van der Waals surface area contributed by atoms with Crippen LogP contribution in [0.3, 0.4) is 0 Å². The molecule has 19 heavy (non-hydrogen) atoms. The quantitative estimate of drug-likeness (QED) is 0.792. The molecule has 1 heterocycles. The summed E-state index contributed by atoms with van der Waals surface area (Å²) in [4.78, 5) is 12.0. The van der Waals surface area contributed by atoms with Crippen molar-refractivity contribution in [1.82, 2.24) is 5.32 Å². The number of carbonyl (C=O) groups is 1. The fourth-order valence-corrected chi connectivity index (χ4v) is 2.17. The van der Waals surface area contributed by atoms with Gasteiger partial charge < -0.3 is 20.5 Å². The van der Waals surface area contributed by atoms with Gasteiger partial charge in [-0.15, -0.1) is 0 Å². The van der Waals surface area contributed by atoms with Gasteiger partial charge in [0.25, 0.3) is 5.91 Å². The van der Waals surface area contributed by atoms with E-state index < -0.39 is 0 Å². The number of hydrogen-bond acceptors (Lipinski definition) is 4. The van der Waals surface area contributed by atoms with Crippen LogP contribution in [0, 0.1) is 0 Å². The lowest BCUT2D eigenvalue weighted by Gasteiger charge is -2.11. The van der Waals surface area contributed by atoms with Gasteiger partial charge in [0, 0.05) is 18.8 Å². The predicted molar refractivity (Wildman–Crippen MR) is 73.3 cm³/mol. The average molecular weight is 264 g/mol. The molecular formula is C14H20N2O3. The lowest BCUT2D eigenvalue weighted by Crippen LogP contribution is -2.27. The number of nitrogens with one attached hydrogen (secondary N) is 1. The molecule has 1 atom stereocenters. The van der Waals surface area contributed by atoms with E-state index in [2.05, 4.69) is 5.32 Å². The fourth-order valence-electron chi connectivity index (χ4n) is 2.17. The van der Waals surface area contributed by atoms with E-state index in [1.54, 1.807) is 25.3 Å². The Balaban J connectivity index is 1.88. The molecule has 3 N–H and O–H groups in total. The van der Waals surface area contributed by atoms with Crippen LogP contribution < -0.4 is 15.8 Å². The van der Waals surface area contributed by atoms with E-state index in [1.165, 1.54) is 0 Å². The second-order valence-corrected chi connectivity index (χ2v) is 4.63. The summed E-state index contributed by atoms with van der Waals surface area (Å²) in [5.41, 5.74) is 6.70. The maximum absolute atomic E-state index is 12.0. The fraction of sp³-hybridized carbons (Fsp3) is 0.500. The molecule has 0 bridgehead atoms. The van der Waals surface area contributed by atoms with Gasteiger partial charge in [0.05, 0.1) is 18.8 Å². The number of nitrogen functional groups attached to an aromatic ring is 1. The van der Waals surface area contributed by atoms with Crippen molar-refractivity contribution in [2.45, 2.75) is 25.4 Å². The highest BCUT2D eigenvalue weighted by Crippen LogP contribution is 2.19. The standard InChI is InChI=1S/C14H20N2O3/c1-18-11-4-5-13(15)12(9-11)14(17)16-7-6-10-3-2-8-19-10/h4-5,9-10H,2-3,6-8,15H2,1H3,(H,16,17). The molecule has 5 nitrogen and oxygen atoms in total. The Morgan fingerprint density at radius 2 is 2.42 bits per heavy atom. The Morgan fingerprint density at radius 1 is 1.58 bits per heavy atom. The van der Waals surface area contributed by atoms with Crippen LogP contribution in [0.5, 0.6) is 5.75 Å². The molecule has 0 spiro atoms. The second kappa shape index (κ2) is 6.43. The van der Waals surface area contributed by atoms with E-state index in [0.29, 0.717) is 23.5 Å². The van der Waals surface area contributed by atoms with Crippen LogP contribution in [-0.2, 0) is 4.74 Å². The number of rotatable bonds is 5. The van der Waals surface area contributed by atoms with Crippen molar-refractivity contribution in [3.63, 3.8) is 0 Å². The van der Waals surface area contributed by atoms with Crippen molar-refractivity contribution in [3.8, 4) is 5.75 Å². The lowest BCUT2D eigenvalue weighted by molar-refractivity contribution is 0.0907. The van der Waals surface area contributed by atoms with Crippen molar-refractivity contribution in [3.05, 3.63) is 23.8 Å². The number of amides is 1. The SMILES string of the molecule is COc1ccc(N)c(C(=O)NCCC2CCCO2)c1. The predicted octanol–water partition coefficient (Wildman–Crippen LogP) is 1.58. The molecule has 1 aliphatic heterocycles. The number of carbonyl (C=O) groups excluding carboxylic acids is 1. The van der Waals surface area contributed by atoms with Crippen LogP contribution in [0.15, 0.2) is 18.2 Å². The Labute approximate surface area is 113 Å². The number of ether oxygens (including phenoxy) is 2. The van der Waals surface area contributed by atoms with Gasteiger partial charge in [-0.3, -0.25) is 4.79 Å². The number of nitrogens with two attached hydrogens (primary N) is 1. The van der Waals surface area contributed by atoms with Crippen molar-refractivity contribution in [2.75, 3.05) is 26.0 Å². The van der Waals surface area contributed by atoms with Gasteiger partial charge in [0.15, 0.2) is 0 Å². The third-order valence-corrected chi connectivity index (χ3v) is 3.28. The zero-order valence-electron chi connectivity index (χ0n) is 11.1. The molecule has 0 aliphatic carbocycles. The number of anilines is 1. The Hall–Kier alpha value is -1.75. The van der Waals surface area contributed by atoms with Crippen molar-refractivity contribution in [2.24, 2.45) is 0 Å². The molecule has 5 heteroatoms. The van der Waals surface area contributed by atoms with E-state index in [0.717, 1.165) is 25.9 Å². The maximum atomic E-state index is 12.0. The highest BCUT2D eigenvalue weighted by molar-refractivity contribution is 5.99. The molecule has 0 aromatic heterocycles. The smallest absolute Gasteiger partial charge is 0.253 e. The molecule has 1 fully saturated rings. The molecule has 1 aromatic carbocycles. The van der Waals surface area contributed by atoms with Crippen LogP contribution in [-0.4, -0.2) is 32.3 Å². The third-order valence-electron chi connectivity index (χ3n) is 3.28. The Kier molecular flexibility index (Phi) is 4.63. The molecule has 1 amide bonds. The molecule has 1 saturated heterocycles. The second-order valence-electron chi connectivity index (χ2n) is 4.63. The molecule has 104 valence electrons. The number of methoxy groups -OCH3 is 1. The minimum atomic E-state index is -0.172. The summed E-state index contributed by atoms with van der Waals surface area (Å²) in [5.74, 6) is 0.452. The van der Waals surface area contributed by atoms with Gasteiger partial charge in [0.1, 0.15) is 5.75 Å². The molecular weight excluding hydrogens is 244 g/mol. The summed E-state index contributed by atoms with van der Waals surface area (Å²) in [7, 11) is 1.56. The van der Waals surface area contributed by atoms with Gasteiger partial charge in [-0.25, -0.2) is 0 Å². The maximum Gasteiger partial charge on any atom is 0.253 e. The third kappa shape index (κ3) is 3.61. The average Bonchev–Trinajstić information content (AvgIpc) is 2.92. The first kappa shape index (κ1) is 13.7. The van der Waals surface area contributed by atoms with Crippen LogP contribution >= 0.6 is 0 Å². The molecule has 1 aliphatic rings. The van der Waals surface area contributed by atoms with Gasteiger partial charge in [-0.2, -0.15) is 0 Å². The zero-order chi connectivity index (χ0) is 13.7. The lowest BCUT2D eigenvalue weighted by atomic mass is 10.1. The summed E-state index contributed by atoms with van der Waals surface area (Å²) < 4.78 is 10.6. The Bertz CT molecular complexity index is 442. The first-order valence-corrected chi connectivity index (χ1v) is 6.54. The van der Waals surface area contributed by atoms with E-state index in [9.17, 15) is 4.79 Å². The molecule has 2 rings (SSSR count). The summed E-state index contributed by atoms with van der Waals surface area (Å²) in [6.07, 6.45) is 3.32.